The number of hydrogen-bond acceptors (Lipinski definition) is 14. The van der Waals surface area contributed by atoms with E-state index in [9.17, 15) is 19.2 Å². The first-order valence-electron chi connectivity index (χ1n) is 25.9. The van der Waals surface area contributed by atoms with Crippen molar-refractivity contribution in [2.75, 3.05) is 50.3 Å². The minimum Gasteiger partial charge on any atom is -0.493 e. The molecule has 396 valence electrons. The number of benzene rings is 3. The van der Waals surface area contributed by atoms with E-state index < -0.39 is 60.5 Å². The van der Waals surface area contributed by atoms with Crippen LogP contribution in [0, 0.1) is 6.92 Å². The Labute approximate surface area is 428 Å². The Kier molecular flexibility index (Phi) is 15.4. The second kappa shape index (κ2) is 21.6. The van der Waals surface area contributed by atoms with Gasteiger partial charge in [-0.3, -0.25) is 9.59 Å². The van der Waals surface area contributed by atoms with Gasteiger partial charge < -0.3 is 57.2 Å². The summed E-state index contributed by atoms with van der Waals surface area (Å²) in [6, 6.07) is 11.6. The van der Waals surface area contributed by atoms with Crippen molar-refractivity contribution in [3.63, 3.8) is 0 Å². The highest BCUT2D eigenvalue weighted by Crippen LogP contribution is 2.45. The van der Waals surface area contributed by atoms with Gasteiger partial charge in [0.05, 0.1) is 48.8 Å². The Morgan fingerprint density at radius 3 is 1.36 bits per heavy atom. The molecule has 4 fully saturated rings. The van der Waals surface area contributed by atoms with Crippen LogP contribution in [0.15, 0.2) is 42.5 Å². The maximum Gasteiger partial charge on any atom is 0.417 e. The molecule has 0 radical (unpaired) electrons. The van der Waals surface area contributed by atoms with Crippen molar-refractivity contribution >= 4 is 35.4 Å². The minimum absolute atomic E-state index is 0.0771. The molecule has 6 aliphatic rings. The van der Waals surface area contributed by atoms with E-state index in [0.717, 1.165) is 55.2 Å². The van der Waals surface area contributed by atoms with Crippen molar-refractivity contribution in [3.05, 3.63) is 70.3 Å². The van der Waals surface area contributed by atoms with E-state index in [1.807, 2.05) is 25.1 Å². The molecular weight excluding hydrogens is 941 g/mol. The van der Waals surface area contributed by atoms with E-state index in [1.165, 1.54) is 24.0 Å². The summed E-state index contributed by atoms with van der Waals surface area (Å²) in [7, 11) is 3.02. The van der Waals surface area contributed by atoms with E-state index in [2.05, 4.69) is 0 Å². The molecule has 3 aromatic carbocycles. The Hall–Kier alpha value is -5.82. The smallest absolute Gasteiger partial charge is 0.417 e. The first-order valence-corrected chi connectivity index (χ1v) is 25.9. The van der Waals surface area contributed by atoms with Crippen LogP contribution in [-0.2, 0) is 41.6 Å². The number of carbonyl (C=O) groups is 4. The quantitative estimate of drug-likeness (QED) is 0.168. The summed E-state index contributed by atoms with van der Waals surface area (Å²) in [5.41, 5.74) is 1.93. The van der Waals surface area contributed by atoms with Crippen LogP contribution in [0.5, 0.6) is 23.0 Å². The lowest BCUT2D eigenvalue weighted by Crippen LogP contribution is -2.54. The zero-order chi connectivity index (χ0) is 51.8. The summed E-state index contributed by atoms with van der Waals surface area (Å²) < 4.78 is 62.3. The molecule has 18 nitrogen and oxygen atoms in total. The van der Waals surface area contributed by atoms with Crippen LogP contribution in [0.3, 0.4) is 0 Å². The summed E-state index contributed by atoms with van der Waals surface area (Å²) in [4.78, 5) is 64.3. The highest BCUT2D eigenvalue weighted by Gasteiger charge is 2.50. The van der Waals surface area contributed by atoms with Gasteiger partial charge in [0.2, 0.25) is 0 Å². The van der Waals surface area contributed by atoms with Gasteiger partial charge in [-0.25, -0.2) is 19.4 Å². The van der Waals surface area contributed by atoms with Gasteiger partial charge in [0, 0.05) is 38.4 Å². The molecule has 2 unspecified atom stereocenters. The number of rotatable bonds is 12. The number of carbonyl (C=O) groups excluding carboxylic acids is 4. The normalized spacial score (nSPS) is 24.2. The summed E-state index contributed by atoms with van der Waals surface area (Å²) >= 11 is 0. The van der Waals surface area contributed by atoms with Crippen LogP contribution in [0.2, 0.25) is 0 Å². The average molecular weight is 1010 g/mol. The van der Waals surface area contributed by atoms with Crippen molar-refractivity contribution in [1.29, 1.82) is 0 Å². The Bertz CT molecular complexity index is 2360. The fourth-order valence-electron chi connectivity index (χ4n) is 10.7. The third-order valence-corrected chi connectivity index (χ3v) is 13.9. The van der Waals surface area contributed by atoms with Crippen LogP contribution in [0.25, 0.3) is 0 Å². The number of ether oxygens (including phenoxy) is 10. The molecule has 73 heavy (non-hydrogen) atoms. The fourth-order valence-corrected chi connectivity index (χ4v) is 10.7. The lowest BCUT2D eigenvalue weighted by Gasteiger charge is -2.39. The van der Waals surface area contributed by atoms with Gasteiger partial charge in [-0.15, -0.1) is 0 Å². The number of nitrogens with zero attached hydrogens (tertiary/aromatic N) is 4. The van der Waals surface area contributed by atoms with Gasteiger partial charge in [0.15, 0.2) is 48.0 Å². The third-order valence-electron chi connectivity index (χ3n) is 13.9. The highest BCUT2D eigenvalue weighted by atomic mass is 16.7. The molecule has 4 saturated heterocycles. The topological polar surface area (TPSA) is 174 Å². The van der Waals surface area contributed by atoms with Crippen LogP contribution >= 0.6 is 0 Å². The second-order valence-electron chi connectivity index (χ2n) is 21.7. The Morgan fingerprint density at radius 2 is 0.986 bits per heavy atom. The van der Waals surface area contributed by atoms with Crippen LogP contribution in [-0.4, -0.2) is 123 Å². The van der Waals surface area contributed by atoms with Crippen LogP contribution in [0.1, 0.15) is 143 Å². The Morgan fingerprint density at radius 1 is 0.562 bits per heavy atom. The van der Waals surface area contributed by atoms with Crippen LogP contribution in [0.4, 0.5) is 21.0 Å². The standard InChI is InChI=1S/C55H72N4O14/c1-33-24-34(31-68-44-29-40-36(27-42(44)64-8)48(60)56-20-14-16-38(56)50(70-46-18-10-12-22-66-46)58(40)52(62)72-54(2,3)4)26-35(25-33)32-69-45-30-41-37(28-43(45)65-9)49(61)57-21-15-17-39(57)51(71-47-19-11-13-23-67-47)59(41)53(63)73-55(5,6)7/h24-30,38-39,46-47,50-51H,10-23,31-32H2,1-9H3/t38-,39-,46?,47?,50-,51-/m0/s1. The van der Waals surface area contributed by atoms with E-state index in [-0.39, 0.29) is 47.5 Å². The molecule has 0 bridgehead atoms. The van der Waals surface area contributed by atoms with Gasteiger partial charge in [0.1, 0.15) is 24.4 Å². The van der Waals surface area contributed by atoms with E-state index in [1.54, 1.807) is 75.6 Å². The predicted octanol–water partition coefficient (Wildman–Crippen LogP) is 9.63. The van der Waals surface area contributed by atoms with E-state index >= 15 is 0 Å². The molecule has 0 saturated carbocycles. The molecule has 6 aliphatic heterocycles. The number of anilines is 2. The summed E-state index contributed by atoms with van der Waals surface area (Å²) in [5, 5.41) is 0. The molecule has 4 amide bonds. The Balaban J connectivity index is 1.01. The van der Waals surface area contributed by atoms with Crippen LogP contribution < -0.4 is 28.7 Å². The van der Waals surface area contributed by atoms with Gasteiger partial charge in [-0.1, -0.05) is 17.7 Å². The average Bonchev–Trinajstić information content (AvgIpc) is 4.02. The van der Waals surface area contributed by atoms with E-state index in [0.29, 0.717) is 75.0 Å². The van der Waals surface area contributed by atoms with Crippen molar-refractivity contribution in [1.82, 2.24) is 9.80 Å². The lowest BCUT2D eigenvalue weighted by atomic mass is 10.1. The zero-order valence-electron chi connectivity index (χ0n) is 43.8. The number of hydrogen-bond donors (Lipinski definition) is 0. The molecule has 6 atom stereocenters. The van der Waals surface area contributed by atoms with Crippen molar-refractivity contribution in [2.24, 2.45) is 0 Å². The third kappa shape index (κ3) is 11.5. The first-order chi connectivity index (χ1) is 34.9. The molecular formula is C55H72N4O14. The molecule has 0 aromatic heterocycles. The largest absolute Gasteiger partial charge is 0.493 e. The lowest BCUT2D eigenvalue weighted by molar-refractivity contribution is -0.196. The van der Waals surface area contributed by atoms with Gasteiger partial charge >= 0.3 is 12.2 Å². The number of methoxy groups -OCH3 is 2. The summed E-state index contributed by atoms with van der Waals surface area (Å²) in [6.45, 7) is 15.0. The maximum atomic E-state index is 14.5. The molecule has 0 spiro atoms. The molecule has 6 heterocycles. The molecule has 0 aliphatic carbocycles. The SMILES string of the molecule is COc1cc2c(cc1OCc1cc(C)cc(COc3cc4c(cc3OC)C(=O)N3CCC[C@H]3[C@H](OC3CCCCO3)N4C(=O)OC(C)(C)C)c1)N(C(=O)OC(C)(C)C)[C@@H](OC1CCCCO1)[C@@H]1CCCN1C2=O. The second-order valence-corrected chi connectivity index (χ2v) is 21.7. The van der Waals surface area contributed by atoms with Crippen molar-refractivity contribution in [2.45, 2.75) is 174 Å². The first kappa shape index (κ1) is 52.1. The fraction of sp³-hybridized carbons (Fsp3) is 0.600. The maximum absolute atomic E-state index is 14.5. The van der Waals surface area contributed by atoms with E-state index in [4.69, 9.17) is 47.4 Å². The monoisotopic (exact) mass is 1010 g/mol. The summed E-state index contributed by atoms with van der Waals surface area (Å²) in [5.74, 6) is 0.736. The highest BCUT2D eigenvalue weighted by molar-refractivity contribution is 6.07. The van der Waals surface area contributed by atoms with Gasteiger partial charge in [-0.05, 0) is 142 Å². The summed E-state index contributed by atoms with van der Waals surface area (Å²) in [6.07, 6.45) is 3.53. The van der Waals surface area contributed by atoms with Gasteiger partial charge in [0.25, 0.3) is 11.8 Å². The zero-order valence-corrected chi connectivity index (χ0v) is 43.8. The van der Waals surface area contributed by atoms with Gasteiger partial charge in [-0.2, -0.15) is 0 Å². The predicted molar refractivity (Wildman–Crippen MR) is 268 cm³/mol. The molecule has 3 aromatic rings. The molecule has 9 rings (SSSR count). The minimum atomic E-state index is -0.895. The number of amides is 4. The van der Waals surface area contributed by atoms with Crippen molar-refractivity contribution < 1.29 is 66.5 Å². The number of fused-ring (bicyclic) bond motifs is 4. The van der Waals surface area contributed by atoms with Crippen molar-refractivity contribution in [3.8, 4) is 23.0 Å². The molecule has 18 heteroatoms. The molecule has 0 N–H and O–H groups in total. The number of aryl methyl sites for hydroxylation is 1.